The van der Waals surface area contributed by atoms with Gasteiger partial charge in [0, 0.05) is 23.6 Å². The van der Waals surface area contributed by atoms with Gasteiger partial charge in [-0.1, -0.05) is 25.1 Å². The van der Waals surface area contributed by atoms with Crippen molar-refractivity contribution in [2.75, 3.05) is 18.8 Å². The molecule has 0 radical (unpaired) electrons. The summed E-state index contributed by atoms with van der Waals surface area (Å²) < 4.78 is 0. The van der Waals surface area contributed by atoms with Gasteiger partial charge in [-0.25, -0.2) is 0 Å². The van der Waals surface area contributed by atoms with E-state index in [9.17, 15) is 0 Å². The summed E-state index contributed by atoms with van der Waals surface area (Å²) in [6.07, 6.45) is 8.93. The van der Waals surface area contributed by atoms with Crippen molar-refractivity contribution in [3.63, 3.8) is 0 Å². The van der Waals surface area contributed by atoms with E-state index in [1.165, 1.54) is 42.6 Å². The molecule has 3 rings (SSSR count). The summed E-state index contributed by atoms with van der Waals surface area (Å²) in [5.41, 5.74) is 11.2. The maximum absolute atomic E-state index is 6.13. The van der Waals surface area contributed by atoms with E-state index in [0.717, 1.165) is 31.5 Å². The third kappa shape index (κ3) is 4.15. The molecule has 1 aromatic carbocycles. The first-order chi connectivity index (χ1) is 11.8. The lowest BCUT2D eigenvalue weighted by Gasteiger charge is -2.35. The molecule has 1 aliphatic rings. The van der Waals surface area contributed by atoms with Crippen molar-refractivity contribution < 1.29 is 0 Å². The number of fused-ring (bicyclic) bond motifs is 1. The van der Waals surface area contributed by atoms with Crippen molar-refractivity contribution in [3.05, 3.63) is 59.4 Å². The highest BCUT2D eigenvalue weighted by molar-refractivity contribution is 5.52. The minimum atomic E-state index is 0.666. The van der Waals surface area contributed by atoms with Gasteiger partial charge in [0.2, 0.25) is 0 Å². The molecule has 24 heavy (non-hydrogen) atoms. The van der Waals surface area contributed by atoms with Crippen molar-refractivity contribution >= 4 is 5.69 Å². The summed E-state index contributed by atoms with van der Waals surface area (Å²) in [7, 11) is 0. The molecule has 0 bridgehead atoms. The van der Waals surface area contributed by atoms with Crippen LogP contribution in [0, 0.1) is 0 Å². The topological polar surface area (TPSA) is 42.2 Å². The van der Waals surface area contributed by atoms with E-state index in [0.29, 0.717) is 6.04 Å². The summed E-state index contributed by atoms with van der Waals surface area (Å²) in [4.78, 5) is 7.07. The Morgan fingerprint density at radius 2 is 2.08 bits per heavy atom. The quantitative estimate of drug-likeness (QED) is 0.621. The second-order valence-corrected chi connectivity index (χ2v) is 6.79. The number of nitrogens with two attached hydrogens (primary N) is 1. The number of rotatable bonds is 7. The van der Waals surface area contributed by atoms with Crippen LogP contribution in [0.3, 0.4) is 0 Å². The van der Waals surface area contributed by atoms with Gasteiger partial charge in [0.1, 0.15) is 0 Å². The van der Waals surface area contributed by atoms with Gasteiger partial charge >= 0.3 is 0 Å². The highest BCUT2D eigenvalue weighted by Crippen LogP contribution is 2.28. The fourth-order valence-corrected chi connectivity index (χ4v) is 3.90. The predicted octanol–water partition coefficient (Wildman–Crippen LogP) is 3.87. The summed E-state index contributed by atoms with van der Waals surface area (Å²) in [6, 6.07) is 13.2. The van der Waals surface area contributed by atoms with Crippen LogP contribution in [0.15, 0.2) is 42.6 Å². The first kappa shape index (κ1) is 17.0. The number of pyridine rings is 1. The number of nitrogens with zero attached hydrogens (tertiary/aromatic N) is 2. The number of likely N-dealkylation sites (N-methyl/N-ethyl adjacent to an activating group) is 1. The molecule has 128 valence electrons. The van der Waals surface area contributed by atoms with Crippen LogP contribution in [0.4, 0.5) is 5.69 Å². The zero-order valence-corrected chi connectivity index (χ0v) is 14.7. The van der Waals surface area contributed by atoms with E-state index in [1.807, 2.05) is 18.3 Å². The Kier molecular flexibility index (Phi) is 5.86. The third-order valence-corrected chi connectivity index (χ3v) is 5.27. The van der Waals surface area contributed by atoms with E-state index in [4.69, 9.17) is 5.73 Å². The van der Waals surface area contributed by atoms with E-state index in [1.54, 1.807) is 0 Å². The van der Waals surface area contributed by atoms with Crippen LogP contribution >= 0.6 is 0 Å². The molecule has 3 heteroatoms. The van der Waals surface area contributed by atoms with Crippen LogP contribution in [-0.4, -0.2) is 29.0 Å². The summed E-state index contributed by atoms with van der Waals surface area (Å²) >= 11 is 0. The molecule has 1 atom stereocenters. The normalized spacial score (nSPS) is 17.0. The molecule has 0 amide bonds. The minimum Gasteiger partial charge on any atom is -0.398 e. The summed E-state index contributed by atoms with van der Waals surface area (Å²) in [6.45, 7) is 4.60. The lowest BCUT2D eigenvalue weighted by atomic mass is 9.86. The standard InChI is InChI=1S/C21H29N3/c1-2-24(15-6-4-10-18-9-3-5-14-23-18)19-12-13-20-17(16-19)8-7-11-21(20)22/h3,5,7-9,11,14,19H,2,4,6,10,12-13,15-16,22H2,1H3. The minimum absolute atomic E-state index is 0.666. The van der Waals surface area contributed by atoms with Gasteiger partial charge in [0.15, 0.2) is 0 Å². The Morgan fingerprint density at radius 1 is 1.17 bits per heavy atom. The lowest BCUT2D eigenvalue weighted by Crippen LogP contribution is -2.40. The van der Waals surface area contributed by atoms with Crippen LogP contribution in [-0.2, 0) is 19.3 Å². The Bertz CT molecular complexity index is 639. The van der Waals surface area contributed by atoms with E-state index in [-0.39, 0.29) is 0 Å². The SMILES string of the molecule is CCN(CCCCc1ccccn1)C1CCc2c(N)cccc2C1. The number of hydrogen-bond acceptors (Lipinski definition) is 3. The summed E-state index contributed by atoms with van der Waals surface area (Å²) in [5, 5.41) is 0. The molecule has 0 fully saturated rings. The fourth-order valence-electron chi connectivity index (χ4n) is 3.90. The zero-order chi connectivity index (χ0) is 16.8. The highest BCUT2D eigenvalue weighted by Gasteiger charge is 2.24. The smallest absolute Gasteiger partial charge is 0.0403 e. The van der Waals surface area contributed by atoms with Crippen LogP contribution in [0.1, 0.15) is 43.0 Å². The van der Waals surface area contributed by atoms with Crippen molar-refractivity contribution in [2.24, 2.45) is 0 Å². The first-order valence-electron chi connectivity index (χ1n) is 9.28. The van der Waals surface area contributed by atoms with Crippen LogP contribution in [0.5, 0.6) is 0 Å². The molecule has 0 saturated heterocycles. The fraction of sp³-hybridized carbons (Fsp3) is 0.476. The van der Waals surface area contributed by atoms with Gasteiger partial charge in [-0.15, -0.1) is 0 Å². The van der Waals surface area contributed by atoms with Gasteiger partial charge in [-0.3, -0.25) is 4.98 Å². The van der Waals surface area contributed by atoms with Gasteiger partial charge in [0.05, 0.1) is 0 Å². The van der Waals surface area contributed by atoms with Crippen LogP contribution in [0.25, 0.3) is 0 Å². The Morgan fingerprint density at radius 3 is 2.88 bits per heavy atom. The zero-order valence-electron chi connectivity index (χ0n) is 14.7. The molecular formula is C21H29N3. The highest BCUT2D eigenvalue weighted by atomic mass is 15.1. The number of aromatic nitrogens is 1. The third-order valence-electron chi connectivity index (χ3n) is 5.27. The molecule has 0 aliphatic heterocycles. The van der Waals surface area contributed by atoms with Crippen molar-refractivity contribution in [1.82, 2.24) is 9.88 Å². The molecular weight excluding hydrogens is 294 g/mol. The van der Waals surface area contributed by atoms with Crippen LogP contribution in [0.2, 0.25) is 0 Å². The molecule has 1 unspecified atom stereocenters. The molecule has 3 nitrogen and oxygen atoms in total. The number of nitrogen functional groups attached to an aromatic ring is 1. The number of hydrogen-bond donors (Lipinski definition) is 1. The van der Waals surface area contributed by atoms with Gasteiger partial charge in [-0.05, 0) is 80.9 Å². The number of unbranched alkanes of at least 4 members (excludes halogenated alkanes) is 1. The Balaban J connectivity index is 1.50. The maximum atomic E-state index is 6.13. The average molecular weight is 323 g/mol. The molecule has 0 saturated carbocycles. The summed E-state index contributed by atoms with van der Waals surface area (Å²) in [5.74, 6) is 0. The van der Waals surface area contributed by atoms with Gasteiger partial charge < -0.3 is 10.6 Å². The Hall–Kier alpha value is -1.87. The predicted molar refractivity (Wildman–Crippen MR) is 101 cm³/mol. The van der Waals surface area contributed by atoms with Crippen molar-refractivity contribution in [2.45, 2.75) is 51.5 Å². The van der Waals surface area contributed by atoms with Gasteiger partial charge in [-0.2, -0.15) is 0 Å². The monoisotopic (exact) mass is 323 g/mol. The van der Waals surface area contributed by atoms with Gasteiger partial charge in [0.25, 0.3) is 0 Å². The molecule has 0 spiro atoms. The molecule has 1 aliphatic carbocycles. The van der Waals surface area contributed by atoms with Crippen molar-refractivity contribution in [3.8, 4) is 0 Å². The average Bonchev–Trinajstić information content (AvgIpc) is 2.63. The largest absolute Gasteiger partial charge is 0.398 e. The second kappa shape index (κ2) is 8.29. The number of benzene rings is 1. The molecule has 1 aromatic heterocycles. The molecule has 2 aromatic rings. The number of anilines is 1. The molecule has 2 N–H and O–H groups in total. The van der Waals surface area contributed by atoms with E-state index < -0.39 is 0 Å². The van der Waals surface area contributed by atoms with E-state index in [2.05, 4.69) is 41.1 Å². The molecule has 1 heterocycles. The number of aryl methyl sites for hydroxylation is 1. The second-order valence-electron chi connectivity index (χ2n) is 6.79. The van der Waals surface area contributed by atoms with Crippen molar-refractivity contribution in [1.29, 1.82) is 0 Å². The first-order valence-corrected chi connectivity index (χ1v) is 9.28. The lowest BCUT2D eigenvalue weighted by molar-refractivity contribution is 0.185. The Labute approximate surface area is 145 Å². The maximum Gasteiger partial charge on any atom is 0.0403 e. The van der Waals surface area contributed by atoms with Crippen LogP contribution < -0.4 is 5.73 Å². The van der Waals surface area contributed by atoms with E-state index >= 15 is 0 Å².